The van der Waals surface area contributed by atoms with Crippen molar-refractivity contribution in [1.29, 1.82) is 0 Å². The molecule has 0 unspecified atom stereocenters. The van der Waals surface area contributed by atoms with Gasteiger partial charge in [-0.1, -0.05) is 168 Å². The van der Waals surface area contributed by atoms with Gasteiger partial charge in [-0.2, -0.15) is 5.43 Å². The van der Waals surface area contributed by atoms with Gasteiger partial charge in [-0.25, -0.2) is 0 Å². The Morgan fingerprint density at radius 1 is 0.421 bits per heavy atom. The first-order chi connectivity index (χ1) is 18.0. The molecule has 0 aliphatic heterocycles. The maximum atomic E-state index is 8.72. The molecule has 0 aromatic carbocycles. The molecule has 0 spiro atoms. The number of aliphatic hydroxyl groups is 1. The molecular weight excluding hydrogens is 488 g/mol. The van der Waals surface area contributed by atoms with Gasteiger partial charge in [-0.05, 0) is 19.3 Å². The van der Waals surface area contributed by atoms with Crippen LogP contribution in [0.25, 0.3) is 0 Å². The zero-order chi connectivity index (χ0) is 27.7. The Morgan fingerprint density at radius 3 is 1.00 bits per heavy atom. The number of unbranched alkanes of at least 4 members (excludes halogenated alkanes) is 23. The third-order valence-electron chi connectivity index (χ3n) is 7.61. The van der Waals surface area contributed by atoms with E-state index in [0.29, 0.717) is 6.61 Å². The first kappa shape index (κ1) is 42.6. The van der Waals surface area contributed by atoms with E-state index in [-0.39, 0.29) is 12.4 Å². The summed E-state index contributed by atoms with van der Waals surface area (Å²) in [6.07, 6.45) is 36.3. The Labute approximate surface area is 248 Å². The average Bonchev–Trinajstić information content (AvgIpc) is 2.88. The minimum absolute atomic E-state index is 0. The molecule has 4 heteroatoms. The largest absolute Gasteiger partial charge is 1.00 e. The number of quaternary nitrogens is 1. The summed E-state index contributed by atoms with van der Waals surface area (Å²) < 4.78 is 0.959. The Hall–Kier alpha value is 0.170. The van der Waals surface area contributed by atoms with Crippen molar-refractivity contribution in [3.8, 4) is 0 Å². The number of rotatable bonds is 29. The third kappa shape index (κ3) is 40.7. The molecule has 0 aromatic rings. The minimum Gasteiger partial charge on any atom is -1.00 e. The molecule has 0 atom stereocenters. The van der Waals surface area contributed by atoms with Gasteiger partial charge in [0.05, 0.1) is 20.6 Å². The fourth-order valence-electron chi connectivity index (χ4n) is 5.12. The maximum absolute atomic E-state index is 8.72. The number of halogens is 1. The first-order valence-electron chi connectivity index (χ1n) is 17.2. The van der Waals surface area contributed by atoms with Gasteiger partial charge in [0.2, 0.25) is 0 Å². The van der Waals surface area contributed by atoms with Gasteiger partial charge in [-0.3, -0.25) is 4.59 Å². The van der Waals surface area contributed by atoms with Gasteiger partial charge >= 0.3 is 0 Å². The molecule has 0 rings (SSSR count). The summed E-state index contributed by atoms with van der Waals surface area (Å²) in [6.45, 7) is 9.51. The van der Waals surface area contributed by atoms with Gasteiger partial charge in [-0.15, -0.1) is 0 Å². The van der Waals surface area contributed by atoms with Crippen molar-refractivity contribution in [2.75, 3.05) is 33.8 Å². The Bertz CT molecular complexity index is 371. The SMILES string of the molecule is CCCCCCCCCCCCCCCCCCCCCCCCO.CCCCCN[N+](C)(C)CCC.[Cl-]. The number of hydrogen-bond acceptors (Lipinski definition) is 2. The molecule has 0 saturated heterocycles. The van der Waals surface area contributed by atoms with Crippen LogP contribution in [0.5, 0.6) is 0 Å². The van der Waals surface area contributed by atoms with Gasteiger partial charge in [0.1, 0.15) is 0 Å². The zero-order valence-electron chi connectivity index (χ0n) is 27.3. The van der Waals surface area contributed by atoms with Gasteiger partial charge < -0.3 is 17.5 Å². The van der Waals surface area contributed by atoms with Crippen LogP contribution >= 0.6 is 0 Å². The van der Waals surface area contributed by atoms with Crippen molar-refractivity contribution in [1.82, 2.24) is 5.43 Å². The Morgan fingerprint density at radius 2 is 0.711 bits per heavy atom. The van der Waals surface area contributed by atoms with Crippen LogP contribution in [0.1, 0.15) is 188 Å². The molecule has 0 aliphatic carbocycles. The van der Waals surface area contributed by atoms with Crippen molar-refractivity contribution in [2.24, 2.45) is 0 Å². The summed E-state index contributed by atoms with van der Waals surface area (Å²) >= 11 is 0. The molecule has 2 N–H and O–H groups in total. The number of nitrogens with zero attached hydrogens (tertiary/aromatic N) is 1. The number of hydrogen-bond donors (Lipinski definition) is 2. The van der Waals surface area contributed by atoms with Crippen LogP contribution in [0.3, 0.4) is 0 Å². The van der Waals surface area contributed by atoms with E-state index in [1.165, 1.54) is 167 Å². The van der Waals surface area contributed by atoms with Crippen LogP contribution in [0.2, 0.25) is 0 Å². The van der Waals surface area contributed by atoms with Crippen molar-refractivity contribution in [3.05, 3.63) is 0 Å². The normalized spacial score (nSPS) is 11.2. The van der Waals surface area contributed by atoms with E-state index >= 15 is 0 Å². The standard InChI is InChI=1S/C24H50O.C10H25N2.ClH/c1-2-3-4-5-6-7-8-9-10-11-12-13-14-15-16-17-18-19-20-21-22-23-24-25;1-5-7-8-9-11-12(3,4)10-6-2;/h25H,2-24H2,1H3;11H,5-10H2,1-4H3;1H/q;+1;/p-1. The van der Waals surface area contributed by atoms with E-state index in [2.05, 4.69) is 40.3 Å². The van der Waals surface area contributed by atoms with E-state index in [1.54, 1.807) is 0 Å². The topological polar surface area (TPSA) is 32.3 Å². The zero-order valence-corrected chi connectivity index (χ0v) is 28.0. The maximum Gasteiger partial charge on any atom is 0.0955 e. The summed E-state index contributed by atoms with van der Waals surface area (Å²) in [4.78, 5) is 0. The fourth-order valence-corrected chi connectivity index (χ4v) is 5.12. The summed E-state index contributed by atoms with van der Waals surface area (Å²) in [5.41, 5.74) is 3.53. The molecule has 38 heavy (non-hydrogen) atoms. The Kier molecular flexibility index (Phi) is 41.7. The summed E-state index contributed by atoms with van der Waals surface area (Å²) in [5, 5.41) is 8.72. The van der Waals surface area contributed by atoms with Crippen LogP contribution in [0, 0.1) is 0 Å². The first-order valence-corrected chi connectivity index (χ1v) is 17.2. The molecular formula is C34H75ClN2O. The summed E-state index contributed by atoms with van der Waals surface area (Å²) in [7, 11) is 4.46. The van der Waals surface area contributed by atoms with Crippen LogP contribution in [0.4, 0.5) is 0 Å². The second kappa shape index (κ2) is 37.2. The van der Waals surface area contributed by atoms with Crippen molar-refractivity contribution >= 4 is 0 Å². The third-order valence-corrected chi connectivity index (χ3v) is 7.61. The molecule has 0 heterocycles. The molecule has 0 saturated carbocycles. The molecule has 234 valence electrons. The lowest BCUT2D eigenvalue weighted by molar-refractivity contribution is -0.934. The second-order valence-electron chi connectivity index (χ2n) is 12.2. The minimum atomic E-state index is 0. The van der Waals surface area contributed by atoms with Crippen LogP contribution in [0.15, 0.2) is 0 Å². The molecule has 0 amide bonds. The van der Waals surface area contributed by atoms with E-state index in [0.717, 1.165) is 17.6 Å². The quantitative estimate of drug-likeness (QED) is 0.0554. The van der Waals surface area contributed by atoms with E-state index in [4.69, 9.17) is 5.11 Å². The molecule has 0 bridgehead atoms. The fraction of sp³-hybridized carbons (Fsp3) is 1.00. The lowest BCUT2D eigenvalue weighted by atomic mass is 10.0. The van der Waals surface area contributed by atoms with E-state index in [1.807, 2.05) is 0 Å². The monoisotopic (exact) mass is 563 g/mol. The molecule has 0 radical (unpaired) electrons. The van der Waals surface area contributed by atoms with Crippen molar-refractivity contribution in [2.45, 2.75) is 188 Å². The lowest BCUT2D eigenvalue weighted by Crippen LogP contribution is -3.00. The van der Waals surface area contributed by atoms with Crippen molar-refractivity contribution < 1.29 is 22.1 Å². The lowest BCUT2D eigenvalue weighted by Gasteiger charge is -2.29. The van der Waals surface area contributed by atoms with Crippen LogP contribution in [-0.4, -0.2) is 43.5 Å². The van der Waals surface area contributed by atoms with Gasteiger partial charge in [0, 0.05) is 13.2 Å². The molecule has 0 aromatic heterocycles. The molecule has 0 aliphatic rings. The highest BCUT2D eigenvalue weighted by Gasteiger charge is 2.11. The van der Waals surface area contributed by atoms with Crippen LogP contribution in [-0.2, 0) is 0 Å². The molecule has 3 nitrogen and oxygen atoms in total. The van der Waals surface area contributed by atoms with Gasteiger partial charge in [0.15, 0.2) is 0 Å². The summed E-state index contributed by atoms with van der Waals surface area (Å²) in [5.74, 6) is 0. The number of nitrogens with one attached hydrogen (secondary N) is 1. The second-order valence-corrected chi connectivity index (χ2v) is 12.2. The van der Waals surface area contributed by atoms with Crippen LogP contribution < -0.4 is 17.8 Å². The predicted octanol–water partition coefficient (Wildman–Crippen LogP) is 7.75. The smallest absolute Gasteiger partial charge is 0.0955 e. The van der Waals surface area contributed by atoms with Gasteiger partial charge in [0.25, 0.3) is 0 Å². The molecule has 0 fully saturated rings. The highest BCUT2D eigenvalue weighted by atomic mass is 35.5. The summed E-state index contributed by atoms with van der Waals surface area (Å²) in [6, 6.07) is 0. The Balaban J connectivity index is -0.000000794. The van der Waals surface area contributed by atoms with E-state index < -0.39 is 0 Å². The predicted molar refractivity (Wildman–Crippen MR) is 169 cm³/mol. The van der Waals surface area contributed by atoms with E-state index in [9.17, 15) is 0 Å². The highest BCUT2D eigenvalue weighted by molar-refractivity contribution is 4.51. The van der Waals surface area contributed by atoms with Crippen molar-refractivity contribution in [3.63, 3.8) is 0 Å². The number of aliphatic hydroxyl groups excluding tert-OH is 1. The highest BCUT2D eigenvalue weighted by Crippen LogP contribution is 2.15. The average molecular weight is 563 g/mol.